The van der Waals surface area contributed by atoms with Crippen molar-refractivity contribution in [3.63, 3.8) is 0 Å². The van der Waals surface area contributed by atoms with Crippen molar-refractivity contribution in [1.82, 2.24) is 9.80 Å². The fraction of sp³-hybridized carbons (Fsp3) is 1.00. The molecule has 20 heavy (non-hydrogen) atoms. The summed E-state index contributed by atoms with van der Waals surface area (Å²) in [6.45, 7) is 11.1. The Labute approximate surface area is 123 Å². The molecule has 0 amide bonds. The van der Waals surface area contributed by atoms with Crippen molar-refractivity contribution < 1.29 is 14.2 Å². The maximum Gasteiger partial charge on any atom is 0.0704 e. The summed E-state index contributed by atoms with van der Waals surface area (Å²) in [6.07, 6.45) is 2.82. The summed E-state index contributed by atoms with van der Waals surface area (Å²) in [6, 6.07) is 0.558. The predicted molar refractivity (Wildman–Crippen MR) is 79.1 cm³/mol. The molecule has 0 aromatic heterocycles. The molecule has 5 nitrogen and oxygen atoms in total. The lowest BCUT2D eigenvalue weighted by atomic mass is 10.1. The van der Waals surface area contributed by atoms with E-state index in [2.05, 4.69) is 16.7 Å². The van der Waals surface area contributed by atoms with E-state index in [1.807, 2.05) is 0 Å². The van der Waals surface area contributed by atoms with E-state index in [1.165, 1.54) is 19.4 Å². The van der Waals surface area contributed by atoms with Crippen molar-refractivity contribution in [3.05, 3.63) is 0 Å². The van der Waals surface area contributed by atoms with Gasteiger partial charge in [0.05, 0.1) is 32.5 Å². The van der Waals surface area contributed by atoms with Gasteiger partial charge >= 0.3 is 0 Å². The smallest absolute Gasteiger partial charge is 0.0704 e. The van der Waals surface area contributed by atoms with Crippen molar-refractivity contribution in [2.24, 2.45) is 0 Å². The fourth-order valence-corrected chi connectivity index (χ4v) is 3.01. The molecule has 0 aliphatic carbocycles. The van der Waals surface area contributed by atoms with Gasteiger partial charge in [-0.1, -0.05) is 0 Å². The quantitative estimate of drug-likeness (QED) is 0.648. The molecular weight excluding hydrogens is 256 g/mol. The van der Waals surface area contributed by atoms with Gasteiger partial charge in [-0.05, 0) is 26.3 Å². The first-order valence-electron chi connectivity index (χ1n) is 7.94. The van der Waals surface area contributed by atoms with Gasteiger partial charge in [-0.2, -0.15) is 0 Å². The molecule has 0 aromatic carbocycles. The minimum atomic E-state index is 0.390. The molecule has 5 heteroatoms. The molecule has 2 aliphatic rings. The number of likely N-dealkylation sites (tertiary alicyclic amines) is 1. The van der Waals surface area contributed by atoms with Crippen LogP contribution in [0.5, 0.6) is 0 Å². The number of ether oxygens (including phenoxy) is 3. The zero-order valence-corrected chi connectivity index (χ0v) is 13.1. The lowest BCUT2D eigenvalue weighted by Gasteiger charge is -2.37. The van der Waals surface area contributed by atoms with E-state index in [0.29, 0.717) is 18.8 Å². The monoisotopic (exact) mass is 286 g/mol. The van der Waals surface area contributed by atoms with Crippen molar-refractivity contribution in [3.8, 4) is 0 Å². The SMILES string of the molecule is COCCO[C@@H]1CCCN(CCN2CCOC[C@@H]2C)C1. The standard InChI is InChI=1S/C15H30N2O3/c1-14-13-19-9-8-17(14)7-6-16-5-3-4-15(12-16)20-11-10-18-2/h14-15H,3-13H2,1-2H3/t14-,15+/m0/s1. The third-order valence-corrected chi connectivity index (χ3v) is 4.31. The number of nitrogens with zero attached hydrogens (tertiary/aromatic N) is 2. The molecule has 2 rings (SSSR count). The van der Waals surface area contributed by atoms with Crippen molar-refractivity contribution >= 4 is 0 Å². The number of methoxy groups -OCH3 is 1. The first kappa shape index (κ1) is 16.2. The average Bonchev–Trinajstić information content (AvgIpc) is 2.47. The van der Waals surface area contributed by atoms with Crippen LogP contribution in [0, 0.1) is 0 Å². The molecule has 0 spiro atoms. The van der Waals surface area contributed by atoms with Crippen LogP contribution in [-0.4, -0.2) is 88.2 Å². The summed E-state index contributed by atoms with van der Waals surface area (Å²) in [5.41, 5.74) is 0. The summed E-state index contributed by atoms with van der Waals surface area (Å²) >= 11 is 0. The molecule has 2 atom stereocenters. The molecule has 0 unspecified atom stereocenters. The van der Waals surface area contributed by atoms with Gasteiger partial charge < -0.3 is 14.2 Å². The van der Waals surface area contributed by atoms with Crippen LogP contribution in [0.1, 0.15) is 19.8 Å². The van der Waals surface area contributed by atoms with Crippen LogP contribution in [0.15, 0.2) is 0 Å². The largest absolute Gasteiger partial charge is 0.382 e. The second-order valence-corrected chi connectivity index (χ2v) is 5.89. The van der Waals surface area contributed by atoms with Gasteiger partial charge in [0.25, 0.3) is 0 Å². The number of rotatable bonds is 7. The molecule has 2 fully saturated rings. The van der Waals surface area contributed by atoms with E-state index in [0.717, 1.165) is 46.0 Å². The van der Waals surface area contributed by atoms with Gasteiger partial charge in [-0.25, -0.2) is 0 Å². The van der Waals surface area contributed by atoms with E-state index in [9.17, 15) is 0 Å². The second-order valence-electron chi connectivity index (χ2n) is 5.89. The predicted octanol–water partition coefficient (Wildman–Crippen LogP) is 0.835. The zero-order valence-electron chi connectivity index (χ0n) is 13.1. The van der Waals surface area contributed by atoms with E-state index < -0.39 is 0 Å². The third kappa shape index (κ3) is 5.30. The Morgan fingerprint density at radius 2 is 2.10 bits per heavy atom. The fourth-order valence-electron chi connectivity index (χ4n) is 3.01. The Morgan fingerprint density at radius 3 is 2.90 bits per heavy atom. The van der Waals surface area contributed by atoms with Gasteiger partial charge in [-0.3, -0.25) is 9.80 Å². The summed E-state index contributed by atoms with van der Waals surface area (Å²) < 4.78 is 16.4. The van der Waals surface area contributed by atoms with Gasteiger partial charge in [-0.15, -0.1) is 0 Å². The van der Waals surface area contributed by atoms with Crippen LogP contribution in [-0.2, 0) is 14.2 Å². The highest BCUT2D eigenvalue weighted by Crippen LogP contribution is 2.14. The molecule has 0 radical (unpaired) electrons. The Hall–Kier alpha value is -0.200. The Bertz CT molecular complexity index is 266. The lowest BCUT2D eigenvalue weighted by molar-refractivity contribution is -0.0303. The molecule has 118 valence electrons. The molecular formula is C15H30N2O3. The first-order chi connectivity index (χ1) is 9.79. The molecule has 0 saturated carbocycles. The summed E-state index contributed by atoms with van der Waals surface area (Å²) in [5.74, 6) is 0. The van der Waals surface area contributed by atoms with Gasteiger partial charge in [0.2, 0.25) is 0 Å². The van der Waals surface area contributed by atoms with Crippen LogP contribution in [0.4, 0.5) is 0 Å². The molecule has 0 bridgehead atoms. The highest BCUT2D eigenvalue weighted by Gasteiger charge is 2.23. The molecule has 0 N–H and O–H groups in total. The zero-order chi connectivity index (χ0) is 14.2. The third-order valence-electron chi connectivity index (χ3n) is 4.31. The Morgan fingerprint density at radius 1 is 1.20 bits per heavy atom. The van der Waals surface area contributed by atoms with E-state index in [4.69, 9.17) is 14.2 Å². The number of piperidine rings is 1. The average molecular weight is 286 g/mol. The topological polar surface area (TPSA) is 34.2 Å². The van der Waals surface area contributed by atoms with E-state index >= 15 is 0 Å². The minimum absolute atomic E-state index is 0.390. The van der Waals surface area contributed by atoms with Crippen LogP contribution in [0.3, 0.4) is 0 Å². The second kappa shape index (κ2) is 8.95. The van der Waals surface area contributed by atoms with Crippen LogP contribution in [0.2, 0.25) is 0 Å². The lowest BCUT2D eigenvalue weighted by Crippen LogP contribution is -2.49. The number of morpholine rings is 1. The highest BCUT2D eigenvalue weighted by atomic mass is 16.5. The van der Waals surface area contributed by atoms with Crippen LogP contribution in [0.25, 0.3) is 0 Å². The molecule has 2 aliphatic heterocycles. The summed E-state index contributed by atoms with van der Waals surface area (Å²) in [4.78, 5) is 5.09. The maximum absolute atomic E-state index is 5.87. The van der Waals surface area contributed by atoms with Crippen molar-refractivity contribution in [2.45, 2.75) is 31.9 Å². The molecule has 2 saturated heterocycles. The maximum atomic E-state index is 5.87. The van der Waals surface area contributed by atoms with E-state index in [1.54, 1.807) is 7.11 Å². The summed E-state index contributed by atoms with van der Waals surface area (Å²) in [7, 11) is 1.72. The number of hydrogen-bond donors (Lipinski definition) is 0. The first-order valence-corrected chi connectivity index (χ1v) is 7.94. The highest BCUT2D eigenvalue weighted by molar-refractivity contribution is 4.77. The van der Waals surface area contributed by atoms with Gasteiger partial charge in [0, 0.05) is 39.3 Å². The van der Waals surface area contributed by atoms with Crippen LogP contribution >= 0.6 is 0 Å². The minimum Gasteiger partial charge on any atom is -0.382 e. The molecule has 2 heterocycles. The normalized spacial score (nSPS) is 29.7. The summed E-state index contributed by atoms with van der Waals surface area (Å²) in [5, 5.41) is 0. The van der Waals surface area contributed by atoms with Crippen molar-refractivity contribution in [2.75, 3.05) is 66.3 Å². The van der Waals surface area contributed by atoms with Gasteiger partial charge in [0.1, 0.15) is 0 Å². The Balaban J connectivity index is 1.64. The van der Waals surface area contributed by atoms with Gasteiger partial charge in [0.15, 0.2) is 0 Å². The van der Waals surface area contributed by atoms with Crippen LogP contribution < -0.4 is 0 Å². The van der Waals surface area contributed by atoms with Crippen molar-refractivity contribution in [1.29, 1.82) is 0 Å². The molecule has 0 aromatic rings. The van der Waals surface area contributed by atoms with E-state index in [-0.39, 0.29) is 0 Å². The Kier molecular flexibility index (Phi) is 7.24. The number of hydrogen-bond acceptors (Lipinski definition) is 5.